The summed E-state index contributed by atoms with van der Waals surface area (Å²) < 4.78 is 45.9. The molecule has 0 saturated heterocycles. The number of halogens is 4. The Kier molecular flexibility index (Phi) is 5.58. The molecule has 2 aromatic heterocycles. The molecule has 0 aliphatic rings. The topological polar surface area (TPSA) is 77.1 Å². The summed E-state index contributed by atoms with van der Waals surface area (Å²) in [6, 6.07) is 1.78. The maximum absolute atomic E-state index is 11.9. The summed E-state index contributed by atoms with van der Waals surface area (Å²) >= 11 is 3.28. The number of hydrogen-bond acceptors (Lipinski definition) is 5. The van der Waals surface area contributed by atoms with Gasteiger partial charge in [0.1, 0.15) is 12.4 Å². The van der Waals surface area contributed by atoms with Gasteiger partial charge in [-0.2, -0.15) is 13.2 Å². The van der Waals surface area contributed by atoms with E-state index in [1.807, 2.05) is 0 Å². The second-order valence-corrected chi connectivity index (χ2v) is 5.61. The maximum Gasteiger partial charge on any atom is 0.411 e. The largest absolute Gasteiger partial charge is 0.454 e. The molecule has 0 aliphatic heterocycles. The number of carbonyl (C=O) groups excluding carboxylic acids is 1. The van der Waals surface area contributed by atoms with E-state index in [0.29, 0.717) is 17.0 Å². The van der Waals surface area contributed by atoms with E-state index in [0.717, 1.165) is 4.47 Å². The molecule has 0 fully saturated rings. The number of fused-ring (bicyclic) bond motifs is 1. The standard InChI is InChI=1S/C13H13BrF3N3O3/c1-7(23-10(21)2-3-22-6-13(15,16)17)11-19-9-4-8(14)5-18-12(9)20-11/h4-5,7H,2-3,6H2,1H3,(H,18,19,20). The van der Waals surface area contributed by atoms with Gasteiger partial charge in [-0.05, 0) is 28.9 Å². The van der Waals surface area contributed by atoms with E-state index < -0.39 is 24.9 Å². The number of imidazole rings is 1. The minimum atomic E-state index is -4.41. The first-order valence-electron chi connectivity index (χ1n) is 6.60. The van der Waals surface area contributed by atoms with Crippen LogP contribution in [-0.2, 0) is 14.3 Å². The molecular formula is C13H13BrF3N3O3. The predicted octanol–water partition coefficient (Wildman–Crippen LogP) is 3.29. The van der Waals surface area contributed by atoms with Crippen molar-refractivity contribution in [2.45, 2.75) is 25.6 Å². The highest BCUT2D eigenvalue weighted by atomic mass is 79.9. The number of rotatable bonds is 6. The zero-order valence-corrected chi connectivity index (χ0v) is 13.6. The lowest BCUT2D eigenvalue weighted by molar-refractivity contribution is -0.177. The fourth-order valence-corrected chi connectivity index (χ4v) is 2.07. The van der Waals surface area contributed by atoms with E-state index in [1.165, 1.54) is 0 Å². The molecule has 1 N–H and O–H groups in total. The third kappa shape index (κ3) is 5.47. The molecule has 0 aliphatic carbocycles. The van der Waals surface area contributed by atoms with Gasteiger partial charge in [-0.3, -0.25) is 4.79 Å². The van der Waals surface area contributed by atoms with Crippen LogP contribution in [0, 0.1) is 0 Å². The van der Waals surface area contributed by atoms with Gasteiger partial charge in [0.15, 0.2) is 11.8 Å². The van der Waals surface area contributed by atoms with Crippen LogP contribution in [0.1, 0.15) is 25.3 Å². The fraction of sp³-hybridized carbons (Fsp3) is 0.462. The predicted molar refractivity (Wildman–Crippen MR) is 77.6 cm³/mol. The highest BCUT2D eigenvalue weighted by Gasteiger charge is 2.27. The highest BCUT2D eigenvalue weighted by molar-refractivity contribution is 9.10. The maximum atomic E-state index is 11.9. The normalized spacial score (nSPS) is 13.3. The number of alkyl halides is 3. The van der Waals surface area contributed by atoms with Crippen molar-refractivity contribution in [2.24, 2.45) is 0 Å². The molecule has 0 radical (unpaired) electrons. The van der Waals surface area contributed by atoms with Gasteiger partial charge >= 0.3 is 12.1 Å². The SMILES string of the molecule is CC(OC(=O)CCOCC(F)(F)F)c1nc2ncc(Br)cc2[nH]1. The Hall–Kier alpha value is -1.68. The summed E-state index contributed by atoms with van der Waals surface area (Å²) in [7, 11) is 0. The zero-order chi connectivity index (χ0) is 17.0. The van der Waals surface area contributed by atoms with Crippen LogP contribution < -0.4 is 0 Å². The average Bonchev–Trinajstić information content (AvgIpc) is 2.85. The third-order valence-electron chi connectivity index (χ3n) is 2.73. The molecule has 2 aromatic rings. The van der Waals surface area contributed by atoms with Crippen molar-refractivity contribution in [3.8, 4) is 0 Å². The lowest BCUT2D eigenvalue weighted by Gasteiger charge is -2.11. The molecule has 1 atom stereocenters. The van der Waals surface area contributed by atoms with Gasteiger partial charge in [0.05, 0.1) is 18.5 Å². The van der Waals surface area contributed by atoms with Crippen LogP contribution in [0.25, 0.3) is 11.2 Å². The molecule has 0 spiro atoms. The Labute approximate surface area is 137 Å². The van der Waals surface area contributed by atoms with E-state index in [2.05, 4.69) is 35.6 Å². The van der Waals surface area contributed by atoms with Crippen molar-refractivity contribution >= 4 is 33.1 Å². The summed E-state index contributed by atoms with van der Waals surface area (Å²) in [6.45, 7) is -0.152. The number of esters is 1. The van der Waals surface area contributed by atoms with Crippen LogP contribution in [0.15, 0.2) is 16.7 Å². The van der Waals surface area contributed by atoms with Gasteiger partial charge in [-0.25, -0.2) is 9.97 Å². The summed E-state index contributed by atoms with van der Waals surface area (Å²) in [4.78, 5) is 22.8. The van der Waals surface area contributed by atoms with Crippen molar-refractivity contribution < 1.29 is 27.4 Å². The number of nitrogens with one attached hydrogen (secondary N) is 1. The average molecular weight is 396 g/mol. The number of H-pyrrole nitrogens is 1. The van der Waals surface area contributed by atoms with Crippen LogP contribution in [0.2, 0.25) is 0 Å². The molecule has 126 valence electrons. The number of aromatic nitrogens is 3. The van der Waals surface area contributed by atoms with Crippen LogP contribution in [-0.4, -0.2) is 40.3 Å². The van der Waals surface area contributed by atoms with E-state index in [1.54, 1.807) is 19.2 Å². The molecule has 0 aromatic carbocycles. The van der Waals surface area contributed by atoms with Crippen molar-refractivity contribution in [3.05, 3.63) is 22.6 Å². The first-order valence-corrected chi connectivity index (χ1v) is 7.39. The Bertz CT molecular complexity index is 690. The molecule has 6 nitrogen and oxygen atoms in total. The van der Waals surface area contributed by atoms with Crippen LogP contribution >= 0.6 is 15.9 Å². The second-order valence-electron chi connectivity index (χ2n) is 4.70. The van der Waals surface area contributed by atoms with Gasteiger partial charge < -0.3 is 14.5 Å². The van der Waals surface area contributed by atoms with Gasteiger partial charge in [0, 0.05) is 10.7 Å². The number of aromatic amines is 1. The number of carbonyl (C=O) groups is 1. The summed E-state index contributed by atoms with van der Waals surface area (Å²) in [6.07, 6.45) is -3.78. The lowest BCUT2D eigenvalue weighted by atomic mass is 10.4. The van der Waals surface area contributed by atoms with Crippen LogP contribution in [0.4, 0.5) is 13.2 Å². The first kappa shape index (κ1) is 17.7. The highest BCUT2D eigenvalue weighted by Crippen LogP contribution is 2.20. The van der Waals surface area contributed by atoms with Gasteiger partial charge in [0.25, 0.3) is 0 Å². The molecular weight excluding hydrogens is 383 g/mol. The van der Waals surface area contributed by atoms with Crippen LogP contribution in [0.3, 0.4) is 0 Å². The number of ether oxygens (including phenoxy) is 2. The van der Waals surface area contributed by atoms with Crippen molar-refractivity contribution in [2.75, 3.05) is 13.2 Å². The third-order valence-corrected chi connectivity index (χ3v) is 3.17. The lowest BCUT2D eigenvalue weighted by Crippen LogP contribution is -2.19. The molecule has 1 unspecified atom stereocenters. The molecule has 2 rings (SSSR count). The first-order chi connectivity index (χ1) is 10.7. The van der Waals surface area contributed by atoms with E-state index in [9.17, 15) is 18.0 Å². The van der Waals surface area contributed by atoms with E-state index in [-0.39, 0.29) is 13.0 Å². The number of hydrogen-bond donors (Lipinski definition) is 1. The van der Waals surface area contributed by atoms with E-state index in [4.69, 9.17) is 4.74 Å². The van der Waals surface area contributed by atoms with Crippen molar-refractivity contribution in [1.82, 2.24) is 15.0 Å². The summed E-state index contributed by atoms with van der Waals surface area (Å²) in [5.74, 6) is -0.274. The molecule has 0 bridgehead atoms. The quantitative estimate of drug-likeness (QED) is 0.599. The zero-order valence-electron chi connectivity index (χ0n) is 12.0. The molecule has 0 amide bonds. The fourth-order valence-electron chi connectivity index (χ4n) is 1.74. The Morgan fingerprint density at radius 2 is 2.22 bits per heavy atom. The molecule has 0 saturated carbocycles. The smallest absolute Gasteiger partial charge is 0.411 e. The van der Waals surface area contributed by atoms with Gasteiger partial charge in [0.2, 0.25) is 0 Å². The number of nitrogens with zero attached hydrogens (tertiary/aromatic N) is 2. The monoisotopic (exact) mass is 395 g/mol. The van der Waals surface area contributed by atoms with Gasteiger partial charge in [-0.15, -0.1) is 0 Å². The summed E-state index contributed by atoms with van der Waals surface area (Å²) in [5.41, 5.74) is 1.14. The second kappa shape index (κ2) is 7.26. The van der Waals surface area contributed by atoms with Crippen LogP contribution in [0.5, 0.6) is 0 Å². The Morgan fingerprint density at radius 3 is 2.91 bits per heavy atom. The Morgan fingerprint density at radius 1 is 1.48 bits per heavy atom. The van der Waals surface area contributed by atoms with Gasteiger partial charge in [-0.1, -0.05) is 0 Å². The van der Waals surface area contributed by atoms with Crippen molar-refractivity contribution in [1.29, 1.82) is 0 Å². The molecule has 23 heavy (non-hydrogen) atoms. The number of pyridine rings is 1. The van der Waals surface area contributed by atoms with Crippen molar-refractivity contribution in [3.63, 3.8) is 0 Å². The van der Waals surface area contributed by atoms with E-state index >= 15 is 0 Å². The summed E-state index contributed by atoms with van der Waals surface area (Å²) in [5, 5.41) is 0. The Balaban J connectivity index is 1.85. The minimum Gasteiger partial charge on any atom is -0.454 e. The molecule has 10 heteroatoms. The minimum absolute atomic E-state index is 0.273. The molecule has 2 heterocycles.